The maximum absolute atomic E-state index is 13.4. The van der Waals surface area contributed by atoms with Gasteiger partial charge in [-0.05, 0) is 61.4 Å². The number of anilines is 2. The SMILES string of the molecule is CCOC(=O)c1c(-c2ccccc2)csc1NC(=O)C(CC)Sc1cccc(NC(=O)c2ccc(OC)cc2)c1. The van der Waals surface area contributed by atoms with Crippen molar-refractivity contribution < 1.29 is 23.9 Å². The van der Waals surface area contributed by atoms with Crippen molar-refractivity contribution in [3.63, 3.8) is 0 Å². The minimum atomic E-state index is -0.473. The first kappa shape index (κ1) is 28.9. The molecule has 0 bridgehead atoms. The van der Waals surface area contributed by atoms with E-state index >= 15 is 0 Å². The zero-order chi connectivity index (χ0) is 28.5. The highest BCUT2D eigenvalue weighted by Gasteiger charge is 2.25. The predicted octanol–water partition coefficient (Wildman–Crippen LogP) is 7.36. The molecule has 0 fully saturated rings. The van der Waals surface area contributed by atoms with Crippen LogP contribution in [-0.4, -0.2) is 36.8 Å². The van der Waals surface area contributed by atoms with Crippen LogP contribution in [0.3, 0.4) is 0 Å². The molecule has 0 spiro atoms. The Kier molecular flexibility index (Phi) is 9.99. The van der Waals surface area contributed by atoms with E-state index in [4.69, 9.17) is 9.47 Å². The maximum atomic E-state index is 13.4. The molecule has 0 aliphatic heterocycles. The van der Waals surface area contributed by atoms with Crippen LogP contribution in [0.25, 0.3) is 11.1 Å². The van der Waals surface area contributed by atoms with E-state index in [1.807, 2.05) is 60.8 Å². The molecule has 0 saturated heterocycles. The van der Waals surface area contributed by atoms with Crippen LogP contribution in [0.15, 0.2) is 89.1 Å². The predicted molar refractivity (Wildman–Crippen MR) is 162 cm³/mol. The zero-order valence-corrected chi connectivity index (χ0v) is 24.1. The molecule has 2 amide bonds. The van der Waals surface area contributed by atoms with Crippen molar-refractivity contribution in [3.8, 4) is 16.9 Å². The minimum absolute atomic E-state index is 0.216. The molecule has 40 heavy (non-hydrogen) atoms. The fourth-order valence-electron chi connectivity index (χ4n) is 3.96. The molecule has 7 nitrogen and oxygen atoms in total. The first-order valence-corrected chi connectivity index (χ1v) is 14.6. The first-order valence-electron chi connectivity index (χ1n) is 12.8. The van der Waals surface area contributed by atoms with Crippen molar-refractivity contribution >= 4 is 51.6 Å². The van der Waals surface area contributed by atoms with E-state index in [1.54, 1.807) is 44.4 Å². The largest absolute Gasteiger partial charge is 0.497 e. The minimum Gasteiger partial charge on any atom is -0.497 e. The van der Waals surface area contributed by atoms with Crippen molar-refractivity contribution in [1.82, 2.24) is 0 Å². The van der Waals surface area contributed by atoms with Gasteiger partial charge in [0.1, 0.15) is 16.3 Å². The van der Waals surface area contributed by atoms with Gasteiger partial charge >= 0.3 is 5.97 Å². The van der Waals surface area contributed by atoms with E-state index < -0.39 is 11.2 Å². The summed E-state index contributed by atoms with van der Waals surface area (Å²) in [5, 5.41) is 7.77. The lowest BCUT2D eigenvalue weighted by molar-refractivity contribution is -0.115. The number of benzene rings is 3. The van der Waals surface area contributed by atoms with Gasteiger partial charge in [0.25, 0.3) is 5.91 Å². The van der Waals surface area contributed by atoms with Gasteiger partial charge in [-0.15, -0.1) is 23.1 Å². The Hall–Kier alpha value is -4.08. The molecular formula is C31H30N2O5S2. The van der Waals surface area contributed by atoms with Gasteiger partial charge in [-0.25, -0.2) is 4.79 Å². The number of amides is 2. The highest BCUT2D eigenvalue weighted by molar-refractivity contribution is 8.00. The third kappa shape index (κ3) is 7.11. The Morgan fingerprint density at radius 3 is 2.35 bits per heavy atom. The molecule has 0 radical (unpaired) electrons. The number of rotatable bonds is 11. The summed E-state index contributed by atoms with van der Waals surface area (Å²) in [7, 11) is 1.57. The topological polar surface area (TPSA) is 93.7 Å². The lowest BCUT2D eigenvalue weighted by Gasteiger charge is -2.16. The summed E-state index contributed by atoms with van der Waals surface area (Å²) < 4.78 is 10.5. The van der Waals surface area contributed by atoms with Crippen LogP contribution in [0.5, 0.6) is 5.75 Å². The molecule has 1 unspecified atom stereocenters. The van der Waals surface area contributed by atoms with E-state index in [2.05, 4.69) is 10.6 Å². The highest BCUT2D eigenvalue weighted by atomic mass is 32.2. The lowest BCUT2D eigenvalue weighted by atomic mass is 10.0. The Morgan fingerprint density at radius 1 is 0.925 bits per heavy atom. The first-order chi connectivity index (χ1) is 19.4. The normalized spacial score (nSPS) is 11.4. The van der Waals surface area contributed by atoms with Crippen LogP contribution >= 0.6 is 23.1 Å². The quantitative estimate of drug-likeness (QED) is 0.144. The molecular weight excluding hydrogens is 544 g/mol. The summed E-state index contributed by atoms with van der Waals surface area (Å²) >= 11 is 2.69. The summed E-state index contributed by atoms with van der Waals surface area (Å²) in [4.78, 5) is 39.8. The number of carbonyl (C=O) groups is 3. The van der Waals surface area contributed by atoms with E-state index in [0.29, 0.717) is 34.0 Å². The summed E-state index contributed by atoms with van der Waals surface area (Å²) in [5.74, 6) is -0.258. The fraction of sp³-hybridized carbons (Fsp3) is 0.194. The second-order valence-electron chi connectivity index (χ2n) is 8.65. The van der Waals surface area contributed by atoms with E-state index in [9.17, 15) is 14.4 Å². The van der Waals surface area contributed by atoms with Gasteiger partial charge in [0.15, 0.2) is 0 Å². The number of esters is 1. The molecule has 4 rings (SSSR count). The van der Waals surface area contributed by atoms with Crippen molar-refractivity contribution in [1.29, 1.82) is 0 Å². The Labute approximate surface area is 241 Å². The van der Waals surface area contributed by atoms with Gasteiger partial charge in [0.2, 0.25) is 5.91 Å². The molecule has 2 N–H and O–H groups in total. The number of nitrogens with one attached hydrogen (secondary N) is 2. The number of thiophene rings is 1. The number of hydrogen-bond donors (Lipinski definition) is 2. The molecule has 9 heteroatoms. The van der Waals surface area contributed by atoms with Gasteiger partial charge in [0.05, 0.1) is 19.0 Å². The average molecular weight is 575 g/mol. The number of thioether (sulfide) groups is 1. The molecule has 0 aliphatic carbocycles. The van der Waals surface area contributed by atoms with Crippen LogP contribution in [0.4, 0.5) is 10.7 Å². The van der Waals surface area contributed by atoms with Gasteiger partial charge < -0.3 is 20.1 Å². The molecule has 4 aromatic rings. The van der Waals surface area contributed by atoms with Crippen molar-refractivity contribution in [3.05, 3.63) is 95.4 Å². The van der Waals surface area contributed by atoms with E-state index in [-0.39, 0.29) is 18.4 Å². The average Bonchev–Trinajstić information content (AvgIpc) is 3.40. The molecule has 0 aliphatic rings. The van der Waals surface area contributed by atoms with Crippen LogP contribution in [0.2, 0.25) is 0 Å². The van der Waals surface area contributed by atoms with Crippen LogP contribution in [0, 0.1) is 0 Å². The van der Waals surface area contributed by atoms with Crippen molar-refractivity contribution in [2.75, 3.05) is 24.4 Å². The second kappa shape index (κ2) is 13.8. The number of ether oxygens (including phenoxy) is 2. The maximum Gasteiger partial charge on any atom is 0.341 e. The third-order valence-corrected chi connectivity index (χ3v) is 8.23. The van der Waals surface area contributed by atoms with Crippen molar-refractivity contribution in [2.45, 2.75) is 30.4 Å². The number of methoxy groups -OCH3 is 1. The van der Waals surface area contributed by atoms with Gasteiger partial charge in [-0.1, -0.05) is 43.3 Å². The highest BCUT2D eigenvalue weighted by Crippen LogP contribution is 2.37. The van der Waals surface area contributed by atoms with Crippen LogP contribution in [0.1, 0.15) is 41.0 Å². The zero-order valence-electron chi connectivity index (χ0n) is 22.4. The Morgan fingerprint density at radius 2 is 1.68 bits per heavy atom. The molecule has 1 aromatic heterocycles. The van der Waals surface area contributed by atoms with E-state index in [0.717, 1.165) is 16.0 Å². The fourth-order valence-corrected chi connectivity index (χ4v) is 5.93. The van der Waals surface area contributed by atoms with Crippen molar-refractivity contribution in [2.24, 2.45) is 0 Å². The Balaban J connectivity index is 1.48. The van der Waals surface area contributed by atoms with Gasteiger partial charge in [-0.3, -0.25) is 9.59 Å². The summed E-state index contributed by atoms with van der Waals surface area (Å²) in [6.07, 6.45) is 0.560. The Bertz CT molecular complexity index is 1470. The lowest BCUT2D eigenvalue weighted by Crippen LogP contribution is -2.25. The van der Waals surface area contributed by atoms with Crippen LogP contribution in [-0.2, 0) is 9.53 Å². The summed E-state index contributed by atoms with van der Waals surface area (Å²) in [5.41, 5.74) is 3.08. The standard InChI is InChI=1S/C31H30N2O5S2/c1-4-26(40-24-13-9-12-22(18-24)32-28(34)21-14-16-23(37-3)17-15-21)29(35)33-30-27(31(36)38-5-2)25(19-39-30)20-10-7-6-8-11-20/h6-19,26H,4-5H2,1-3H3,(H,32,34)(H,33,35). The number of carbonyl (C=O) groups excluding carboxylic acids is 3. The summed E-state index contributed by atoms with van der Waals surface area (Å²) in [6, 6.07) is 23.8. The van der Waals surface area contributed by atoms with Crippen LogP contribution < -0.4 is 15.4 Å². The molecule has 3 aromatic carbocycles. The second-order valence-corrected chi connectivity index (χ2v) is 10.8. The molecule has 0 saturated carbocycles. The van der Waals surface area contributed by atoms with Gasteiger partial charge in [0, 0.05) is 27.1 Å². The summed E-state index contributed by atoms with van der Waals surface area (Å²) in [6.45, 7) is 3.92. The van der Waals surface area contributed by atoms with E-state index in [1.165, 1.54) is 23.1 Å². The van der Waals surface area contributed by atoms with Gasteiger partial charge in [-0.2, -0.15) is 0 Å². The third-order valence-electron chi connectivity index (χ3n) is 5.98. The molecule has 1 heterocycles. The smallest absolute Gasteiger partial charge is 0.341 e. The molecule has 206 valence electrons. The monoisotopic (exact) mass is 574 g/mol. The number of hydrogen-bond acceptors (Lipinski definition) is 7. The molecule has 1 atom stereocenters.